The van der Waals surface area contributed by atoms with Gasteiger partial charge in [0.25, 0.3) is 0 Å². The van der Waals surface area contributed by atoms with Crippen LogP contribution in [-0.4, -0.2) is 16.6 Å². The summed E-state index contributed by atoms with van der Waals surface area (Å²) in [6.45, 7) is 3.54. The Labute approximate surface area is 112 Å². The quantitative estimate of drug-likeness (QED) is 0.779. The summed E-state index contributed by atoms with van der Waals surface area (Å²) in [7, 11) is 1.93. The first-order valence-corrected chi connectivity index (χ1v) is 6.41. The molecule has 4 nitrogen and oxygen atoms in total. The number of aryl methyl sites for hydroxylation is 1. The molecule has 2 heterocycles. The standard InChI is InChI=1S/C15H17N3O/c1-11-17-7-8-18(11)10-13-12-5-3-4-6-14(12)19-15(13)9-16-2/h3-8,16H,9-10H2,1-2H3. The van der Waals surface area contributed by atoms with Crippen molar-refractivity contribution in [2.75, 3.05) is 7.05 Å². The summed E-state index contributed by atoms with van der Waals surface area (Å²) in [4.78, 5) is 4.27. The van der Waals surface area contributed by atoms with E-state index in [2.05, 4.69) is 20.9 Å². The van der Waals surface area contributed by atoms with Crippen LogP contribution in [0.15, 0.2) is 41.1 Å². The molecule has 19 heavy (non-hydrogen) atoms. The van der Waals surface area contributed by atoms with E-state index in [1.807, 2.05) is 44.6 Å². The van der Waals surface area contributed by atoms with Gasteiger partial charge >= 0.3 is 0 Å². The Hall–Kier alpha value is -2.07. The van der Waals surface area contributed by atoms with Crippen LogP contribution in [0.3, 0.4) is 0 Å². The smallest absolute Gasteiger partial charge is 0.134 e. The lowest BCUT2D eigenvalue weighted by atomic mass is 10.1. The molecule has 1 aromatic carbocycles. The molecular weight excluding hydrogens is 238 g/mol. The third kappa shape index (κ3) is 2.15. The Morgan fingerprint density at radius 1 is 1.32 bits per heavy atom. The molecule has 0 aliphatic rings. The molecular formula is C15H17N3O. The molecule has 0 radical (unpaired) electrons. The number of para-hydroxylation sites is 1. The summed E-state index contributed by atoms with van der Waals surface area (Å²) in [5.41, 5.74) is 2.17. The van der Waals surface area contributed by atoms with Crippen LogP contribution in [0.25, 0.3) is 11.0 Å². The lowest BCUT2D eigenvalue weighted by molar-refractivity contribution is 0.520. The first-order chi connectivity index (χ1) is 9.29. The molecule has 0 bridgehead atoms. The third-order valence-electron chi connectivity index (χ3n) is 3.37. The maximum Gasteiger partial charge on any atom is 0.134 e. The van der Waals surface area contributed by atoms with Crippen molar-refractivity contribution >= 4 is 11.0 Å². The number of nitrogens with one attached hydrogen (secondary N) is 1. The molecule has 0 saturated heterocycles. The summed E-state index contributed by atoms with van der Waals surface area (Å²) >= 11 is 0. The van der Waals surface area contributed by atoms with Gasteiger partial charge in [0.05, 0.1) is 13.1 Å². The fourth-order valence-corrected chi connectivity index (χ4v) is 2.37. The Balaban J connectivity index is 2.09. The van der Waals surface area contributed by atoms with E-state index in [9.17, 15) is 0 Å². The van der Waals surface area contributed by atoms with Crippen molar-refractivity contribution in [1.82, 2.24) is 14.9 Å². The Morgan fingerprint density at radius 3 is 2.89 bits per heavy atom. The summed E-state index contributed by atoms with van der Waals surface area (Å²) in [5, 5.41) is 4.34. The lowest BCUT2D eigenvalue weighted by Crippen LogP contribution is -2.08. The lowest BCUT2D eigenvalue weighted by Gasteiger charge is -2.06. The van der Waals surface area contributed by atoms with Gasteiger partial charge in [-0.05, 0) is 20.0 Å². The number of nitrogens with zero attached hydrogens (tertiary/aromatic N) is 2. The Morgan fingerprint density at radius 2 is 2.16 bits per heavy atom. The second-order valence-corrected chi connectivity index (χ2v) is 4.63. The normalized spacial score (nSPS) is 11.3. The van der Waals surface area contributed by atoms with Gasteiger partial charge in [-0.25, -0.2) is 4.98 Å². The predicted molar refractivity (Wildman–Crippen MR) is 75.0 cm³/mol. The van der Waals surface area contributed by atoms with Gasteiger partial charge in [-0.1, -0.05) is 18.2 Å². The van der Waals surface area contributed by atoms with Crippen molar-refractivity contribution in [2.45, 2.75) is 20.0 Å². The molecule has 0 aliphatic heterocycles. The zero-order valence-corrected chi connectivity index (χ0v) is 11.2. The van der Waals surface area contributed by atoms with Crippen LogP contribution < -0.4 is 5.32 Å². The summed E-state index contributed by atoms with van der Waals surface area (Å²) in [5.74, 6) is 2.01. The van der Waals surface area contributed by atoms with Gasteiger partial charge in [-0.3, -0.25) is 0 Å². The number of hydrogen-bond acceptors (Lipinski definition) is 3. The average Bonchev–Trinajstić information content (AvgIpc) is 2.96. The van der Waals surface area contributed by atoms with E-state index in [1.54, 1.807) is 0 Å². The van der Waals surface area contributed by atoms with Crippen molar-refractivity contribution in [1.29, 1.82) is 0 Å². The van der Waals surface area contributed by atoms with Crippen LogP contribution in [0.4, 0.5) is 0 Å². The van der Waals surface area contributed by atoms with Crippen LogP contribution in [-0.2, 0) is 13.1 Å². The van der Waals surface area contributed by atoms with Crippen molar-refractivity contribution in [3.63, 3.8) is 0 Å². The number of fused-ring (bicyclic) bond motifs is 1. The molecule has 0 spiro atoms. The zero-order valence-electron chi connectivity index (χ0n) is 11.2. The molecule has 0 fully saturated rings. The van der Waals surface area contributed by atoms with Crippen LogP contribution in [0.2, 0.25) is 0 Å². The summed E-state index contributed by atoms with van der Waals surface area (Å²) in [6, 6.07) is 8.17. The highest BCUT2D eigenvalue weighted by Crippen LogP contribution is 2.26. The minimum absolute atomic E-state index is 0.734. The van der Waals surface area contributed by atoms with Crippen LogP contribution in [0.1, 0.15) is 17.1 Å². The molecule has 98 valence electrons. The topological polar surface area (TPSA) is 43.0 Å². The van der Waals surface area contributed by atoms with Gasteiger partial charge in [0.1, 0.15) is 17.2 Å². The average molecular weight is 255 g/mol. The SMILES string of the molecule is CNCc1oc2ccccc2c1Cn1ccnc1C. The molecule has 0 saturated carbocycles. The molecule has 3 aromatic rings. The Bertz CT molecular complexity index is 696. The fraction of sp³-hybridized carbons (Fsp3) is 0.267. The second-order valence-electron chi connectivity index (χ2n) is 4.63. The molecule has 0 amide bonds. The maximum absolute atomic E-state index is 5.93. The van der Waals surface area contributed by atoms with Crippen molar-refractivity contribution in [3.8, 4) is 0 Å². The predicted octanol–water partition coefficient (Wildman–Crippen LogP) is 2.71. The number of furan rings is 1. The molecule has 3 rings (SSSR count). The first-order valence-electron chi connectivity index (χ1n) is 6.41. The Kier molecular flexibility index (Phi) is 3.09. The van der Waals surface area contributed by atoms with E-state index in [-0.39, 0.29) is 0 Å². The number of imidazole rings is 1. The monoisotopic (exact) mass is 255 g/mol. The second kappa shape index (κ2) is 4.90. The molecule has 0 atom stereocenters. The molecule has 4 heteroatoms. The van der Waals surface area contributed by atoms with Crippen LogP contribution in [0.5, 0.6) is 0 Å². The molecule has 2 aromatic heterocycles. The minimum Gasteiger partial charge on any atom is -0.459 e. The van der Waals surface area contributed by atoms with Crippen LogP contribution in [0, 0.1) is 6.92 Å². The van der Waals surface area contributed by atoms with Gasteiger partial charge in [0.15, 0.2) is 0 Å². The van der Waals surface area contributed by atoms with E-state index in [0.29, 0.717) is 0 Å². The van der Waals surface area contributed by atoms with Crippen LogP contribution >= 0.6 is 0 Å². The first kappa shape index (κ1) is 12.0. The summed E-state index contributed by atoms with van der Waals surface area (Å²) in [6.07, 6.45) is 3.83. The highest BCUT2D eigenvalue weighted by molar-refractivity contribution is 5.82. The van der Waals surface area contributed by atoms with E-state index < -0.39 is 0 Å². The van der Waals surface area contributed by atoms with Crippen molar-refractivity contribution in [2.24, 2.45) is 0 Å². The highest BCUT2D eigenvalue weighted by atomic mass is 16.3. The molecule has 0 aliphatic carbocycles. The molecule has 0 unspecified atom stereocenters. The van der Waals surface area contributed by atoms with E-state index in [4.69, 9.17) is 4.42 Å². The minimum atomic E-state index is 0.734. The van der Waals surface area contributed by atoms with Crippen molar-refractivity contribution < 1.29 is 4.42 Å². The highest BCUT2D eigenvalue weighted by Gasteiger charge is 2.14. The number of rotatable bonds is 4. The van der Waals surface area contributed by atoms with Gasteiger partial charge in [-0.2, -0.15) is 0 Å². The van der Waals surface area contributed by atoms with E-state index in [0.717, 1.165) is 30.3 Å². The van der Waals surface area contributed by atoms with Gasteiger partial charge in [0, 0.05) is 23.3 Å². The fourth-order valence-electron chi connectivity index (χ4n) is 2.37. The van der Waals surface area contributed by atoms with Gasteiger partial charge in [0.2, 0.25) is 0 Å². The third-order valence-corrected chi connectivity index (χ3v) is 3.37. The zero-order chi connectivity index (χ0) is 13.2. The van der Waals surface area contributed by atoms with Gasteiger partial charge in [-0.15, -0.1) is 0 Å². The largest absolute Gasteiger partial charge is 0.459 e. The number of hydrogen-bond donors (Lipinski definition) is 1. The number of aromatic nitrogens is 2. The number of benzene rings is 1. The summed E-state index contributed by atoms with van der Waals surface area (Å²) < 4.78 is 8.07. The van der Waals surface area contributed by atoms with E-state index in [1.165, 1.54) is 10.9 Å². The maximum atomic E-state index is 5.93. The van der Waals surface area contributed by atoms with E-state index >= 15 is 0 Å². The molecule has 1 N–H and O–H groups in total. The van der Waals surface area contributed by atoms with Crippen molar-refractivity contribution in [3.05, 3.63) is 53.8 Å². The van der Waals surface area contributed by atoms with Gasteiger partial charge < -0.3 is 14.3 Å².